The van der Waals surface area contributed by atoms with Crippen LogP contribution in [0.15, 0.2) is 36.4 Å². The minimum Gasteiger partial charge on any atom is -0.497 e. The first-order valence-electron chi connectivity index (χ1n) is 7.73. The number of alkyl halides is 3. The summed E-state index contributed by atoms with van der Waals surface area (Å²) in [7, 11) is 1.54. The average molecular weight is 381 g/mol. The van der Waals surface area contributed by atoms with Crippen LogP contribution in [0.25, 0.3) is 17.0 Å². The van der Waals surface area contributed by atoms with Gasteiger partial charge in [0.05, 0.1) is 13.7 Å². The molecule has 0 aliphatic rings. The van der Waals surface area contributed by atoms with E-state index in [1.807, 2.05) is 0 Å². The van der Waals surface area contributed by atoms with Crippen molar-refractivity contribution in [2.45, 2.75) is 6.18 Å². The maximum absolute atomic E-state index is 12.1. The smallest absolute Gasteiger partial charge is 0.471 e. The zero-order valence-corrected chi connectivity index (χ0v) is 14.0. The fourth-order valence-electron chi connectivity index (χ4n) is 2.21. The van der Waals surface area contributed by atoms with Crippen LogP contribution in [0.2, 0.25) is 0 Å². The molecule has 0 spiro atoms. The van der Waals surface area contributed by atoms with Gasteiger partial charge in [-0.2, -0.15) is 17.7 Å². The van der Waals surface area contributed by atoms with E-state index in [2.05, 4.69) is 15.3 Å². The van der Waals surface area contributed by atoms with Gasteiger partial charge in [0, 0.05) is 11.6 Å². The van der Waals surface area contributed by atoms with Crippen molar-refractivity contribution in [1.29, 1.82) is 0 Å². The number of methoxy groups -OCH3 is 1. The molecule has 2 heterocycles. The fraction of sp³-hybridized carbons (Fsp3) is 0.250. The van der Waals surface area contributed by atoms with Gasteiger partial charge < -0.3 is 14.8 Å². The Morgan fingerprint density at radius 2 is 2.04 bits per heavy atom. The van der Waals surface area contributed by atoms with Crippen LogP contribution in [-0.2, 0) is 4.79 Å². The zero-order valence-electron chi connectivity index (χ0n) is 14.0. The SMILES string of the molecule is COc1cccc(-c2nnc3ccc(OCCNC(=O)C(F)(F)F)nn23)c1. The predicted octanol–water partition coefficient (Wildman–Crippen LogP) is 1.86. The molecule has 0 atom stereocenters. The zero-order chi connectivity index (χ0) is 19.4. The van der Waals surface area contributed by atoms with Gasteiger partial charge in [0.15, 0.2) is 11.5 Å². The largest absolute Gasteiger partial charge is 0.497 e. The van der Waals surface area contributed by atoms with E-state index in [4.69, 9.17) is 9.47 Å². The van der Waals surface area contributed by atoms with Crippen LogP contribution in [0.1, 0.15) is 0 Å². The number of ether oxygens (including phenoxy) is 2. The van der Waals surface area contributed by atoms with Gasteiger partial charge in [0.2, 0.25) is 5.88 Å². The molecule has 3 aromatic rings. The summed E-state index contributed by atoms with van der Waals surface area (Å²) in [4.78, 5) is 10.7. The first kappa shape index (κ1) is 18.4. The van der Waals surface area contributed by atoms with Gasteiger partial charge in [-0.25, -0.2) is 0 Å². The number of aromatic nitrogens is 4. The second-order valence-corrected chi connectivity index (χ2v) is 5.30. The van der Waals surface area contributed by atoms with Crippen LogP contribution in [0.3, 0.4) is 0 Å². The van der Waals surface area contributed by atoms with Gasteiger partial charge >= 0.3 is 12.1 Å². The Hall–Kier alpha value is -3.37. The average Bonchev–Trinajstić information content (AvgIpc) is 3.07. The van der Waals surface area contributed by atoms with Crippen molar-refractivity contribution in [3.05, 3.63) is 36.4 Å². The Bertz CT molecular complexity index is 958. The summed E-state index contributed by atoms with van der Waals surface area (Å²) in [6.45, 7) is -0.500. The van der Waals surface area contributed by atoms with Gasteiger partial charge in [-0.15, -0.1) is 15.3 Å². The van der Waals surface area contributed by atoms with E-state index in [-0.39, 0.29) is 19.0 Å². The van der Waals surface area contributed by atoms with Crippen LogP contribution in [-0.4, -0.2) is 52.2 Å². The number of amides is 1. The second-order valence-electron chi connectivity index (χ2n) is 5.30. The Morgan fingerprint density at radius 3 is 2.78 bits per heavy atom. The highest BCUT2D eigenvalue weighted by atomic mass is 19.4. The van der Waals surface area contributed by atoms with Gasteiger partial charge in [0.25, 0.3) is 0 Å². The lowest BCUT2D eigenvalue weighted by atomic mass is 10.2. The molecule has 27 heavy (non-hydrogen) atoms. The van der Waals surface area contributed by atoms with Crippen LogP contribution in [0, 0.1) is 0 Å². The number of rotatable bonds is 6. The van der Waals surface area contributed by atoms with Crippen molar-refractivity contribution in [3.63, 3.8) is 0 Å². The summed E-state index contributed by atoms with van der Waals surface area (Å²) < 4.78 is 48.2. The Balaban J connectivity index is 1.72. The van der Waals surface area contributed by atoms with E-state index < -0.39 is 12.1 Å². The minimum absolute atomic E-state index is 0.146. The number of nitrogens with zero attached hydrogens (tertiary/aromatic N) is 4. The highest BCUT2D eigenvalue weighted by Gasteiger charge is 2.38. The molecule has 142 valence electrons. The molecular weight excluding hydrogens is 367 g/mol. The number of carbonyl (C=O) groups is 1. The third-order valence-electron chi connectivity index (χ3n) is 3.46. The molecular formula is C16H14F3N5O3. The number of benzene rings is 1. The van der Waals surface area contributed by atoms with E-state index in [0.29, 0.717) is 22.8 Å². The molecule has 1 amide bonds. The minimum atomic E-state index is -4.93. The molecule has 0 saturated heterocycles. The standard InChI is InChI=1S/C16H14F3N5O3/c1-26-11-4-2-3-10(9-11)14-22-21-12-5-6-13(23-24(12)14)27-8-7-20-15(25)16(17,18)19/h2-6,9H,7-8H2,1H3,(H,20,25). The molecule has 1 aromatic carbocycles. The van der Waals surface area contributed by atoms with Crippen molar-refractivity contribution in [2.75, 3.05) is 20.3 Å². The molecule has 8 nitrogen and oxygen atoms in total. The Labute approximate surface area is 150 Å². The predicted molar refractivity (Wildman–Crippen MR) is 87.3 cm³/mol. The van der Waals surface area contributed by atoms with Crippen molar-refractivity contribution in [1.82, 2.24) is 25.1 Å². The number of hydrogen-bond donors (Lipinski definition) is 1. The number of nitrogens with one attached hydrogen (secondary N) is 1. The topological polar surface area (TPSA) is 90.6 Å². The van der Waals surface area contributed by atoms with E-state index in [9.17, 15) is 18.0 Å². The van der Waals surface area contributed by atoms with Crippen LogP contribution in [0.5, 0.6) is 11.6 Å². The lowest BCUT2D eigenvalue weighted by Crippen LogP contribution is -2.38. The van der Waals surface area contributed by atoms with Gasteiger partial charge in [-0.05, 0) is 18.2 Å². The molecule has 0 saturated carbocycles. The highest BCUT2D eigenvalue weighted by Crippen LogP contribution is 2.23. The van der Waals surface area contributed by atoms with Crippen molar-refractivity contribution < 1.29 is 27.4 Å². The highest BCUT2D eigenvalue weighted by molar-refractivity contribution is 5.81. The van der Waals surface area contributed by atoms with Crippen LogP contribution >= 0.6 is 0 Å². The van der Waals surface area contributed by atoms with E-state index >= 15 is 0 Å². The van der Waals surface area contributed by atoms with Gasteiger partial charge in [-0.1, -0.05) is 12.1 Å². The van der Waals surface area contributed by atoms with Crippen molar-refractivity contribution >= 4 is 11.6 Å². The molecule has 0 unspecified atom stereocenters. The van der Waals surface area contributed by atoms with E-state index in [1.165, 1.54) is 10.6 Å². The summed E-state index contributed by atoms with van der Waals surface area (Å²) >= 11 is 0. The molecule has 0 bridgehead atoms. The molecule has 3 rings (SSSR count). The maximum atomic E-state index is 12.1. The van der Waals surface area contributed by atoms with Crippen LogP contribution in [0.4, 0.5) is 13.2 Å². The van der Waals surface area contributed by atoms with Gasteiger partial charge in [-0.3, -0.25) is 4.79 Å². The number of hydrogen-bond acceptors (Lipinski definition) is 6. The first-order chi connectivity index (χ1) is 12.9. The molecule has 11 heteroatoms. The summed E-state index contributed by atoms with van der Waals surface area (Å²) in [6.07, 6.45) is -4.93. The molecule has 0 radical (unpaired) electrons. The van der Waals surface area contributed by atoms with Gasteiger partial charge in [0.1, 0.15) is 12.4 Å². The summed E-state index contributed by atoms with van der Waals surface area (Å²) in [5, 5.41) is 14.0. The molecule has 0 aliphatic heterocycles. The molecule has 2 aromatic heterocycles. The first-order valence-corrected chi connectivity index (χ1v) is 7.73. The number of halogens is 3. The second kappa shape index (κ2) is 7.48. The Kier molecular flexibility index (Phi) is 5.10. The molecule has 1 N–H and O–H groups in total. The lowest BCUT2D eigenvalue weighted by Gasteiger charge is -2.09. The van der Waals surface area contributed by atoms with E-state index in [1.54, 1.807) is 42.8 Å². The van der Waals surface area contributed by atoms with Crippen LogP contribution < -0.4 is 14.8 Å². The van der Waals surface area contributed by atoms with E-state index in [0.717, 1.165) is 0 Å². The fourth-order valence-corrected chi connectivity index (χ4v) is 2.21. The quantitative estimate of drug-likeness (QED) is 0.656. The lowest BCUT2D eigenvalue weighted by molar-refractivity contribution is -0.173. The third-order valence-corrected chi connectivity index (χ3v) is 3.46. The van der Waals surface area contributed by atoms with Crippen molar-refractivity contribution in [3.8, 4) is 23.0 Å². The monoisotopic (exact) mass is 381 g/mol. The number of fused-ring (bicyclic) bond motifs is 1. The normalized spacial score (nSPS) is 11.4. The summed E-state index contributed by atoms with van der Waals surface area (Å²) in [5.74, 6) is -0.793. The maximum Gasteiger partial charge on any atom is 0.471 e. The molecule has 0 fully saturated rings. The summed E-state index contributed by atoms with van der Waals surface area (Å²) in [5.41, 5.74) is 1.18. The third kappa shape index (κ3) is 4.25. The molecule has 0 aliphatic carbocycles. The van der Waals surface area contributed by atoms with Crippen molar-refractivity contribution in [2.24, 2.45) is 0 Å². The summed E-state index contributed by atoms with van der Waals surface area (Å²) in [6, 6.07) is 10.3. The Morgan fingerprint density at radius 1 is 1.22 bits per heavy atom. The number of carbonyl (C=O) groups excluding carboxylic acids is 1.